The van der Waals surface area contributed by atoms with Gasteiger partial charge in [-0.15, -0.1) is 0 Å². The zero-order valence-electron chi connectivity index (χ0n) is 9.72. The van der Waals surface area contributed by atoms with Crippen molar-refractivity contribution in [1.29, 1.82) is 0 Å². The maximum absolute atomic E-state index is 5.22. The monoisotopic (exact) mass is 229 g/mol. The van der Waals surface area contributed by atoms with Gasteiger partial charge in [-0.25, -0.2) is 5.90 Å². The quantitative estimate of drug-likeness (QED) is 0.820. The van der Waals surface area contributed by atoms with Crippen LogP contribution in [0.1, 0.15) is 5.56 Å². The molecule has 0 atom stereocenters. The van der Waals surface area contributed by atoms with Crippen LogP contribution in [0.25, 0.3) is 11.1 Å². The molecule has 2 aromatic carbocycles. The molecule has 0 aliphatic carbocycles. The number of hydrogen-bond acceptors (Lipinski definition) is 3. The van der Waals surface area contributed by atoms with Crippen molar-refractivity contribution in [2.75, 3.05) is 7.11 Å². The molecule has 3 heteroatoms. The van der Waals surface area contributed by atoms with E-state index in [4.69, 9.17) is 15.5 Å². The van der Waals surface area contributed by atoms with Gasteiger partial charge in [-0.3, -0.25) is 4.84 Å². The fraction of sp³-hybridized carbons (Fsp3) is 0.143. The van der Waals surface area contributed by atoms with Gasteiger partial charge in [0.2, 0.25) is 0 Å². The molecule has 2 N–H and O–H groups in total. The highest BCUT2D eigenvalue weighted by Crippen LogP contribution is 2.27. The molecule has 0 unspecified atom stereocenters. The average Bonchev–Trinajstić information content (AvgIpc) is 2.40. The Morgan fingerprint density at radius 1 is 1.06 bits per heavy atom. The summed E-state index contributed by atoms with van der Waals surface area (Å²) in [4.78, 5) is 4.72. The van der Waals surface area contributed by atoms with E-state index in [1.54, 1.807) is 7.11 Å². The maximum atomic E-state index is 5.22. The summed E-state index contributed by atoms with van der Waals surface area (Å²) in [5, 5.41) is 0. The van der Waals surface area contributed by atoms with Crippen LogP contribution in [0.15, 0.2) is 48.5 Å². The first-order chi connectivity index (χ1) is 8.35. The number of benzene rings is 2. The van der Waals surface area contributed by atoms with Crippen LogP contribution in [0.4, 0.5) is 0 Å². The maximum Gasteiger partial charge on any atom is 0.119 e. The van der Waals surface area contributed by atoms with Crippen molar-refractivity contribution in [2.45, 2.75) is 6.61 Å². The lowest BCUT2D eigenvalue weighted by atomic mass is 10.00. The molecule has 0 fully saturated rings. The lowest BCUT2D eigenvalue weighted by molar-refractivity contribution is 0.124. The number of methoxy groups -OCH3 is 1. The Bertz CT molecular complexity index is 497. The standard InChI is InChI=1S/C14H15NO2/c1-16-13-7-4-6-11(9-13)14-8-3-2-5-12(14)10-17-15/h2-9H,10,15H2,1H3. The van der Waals surface area contributed by atoms with Gasteiger partial charge in [-0.1, -0.05) is 36.4 Å². The van der Waals surface area contributed by atoms with Crippen LogP contribution in [-0.2, 0) is 11.4 Å². The first kappa shape index (κ1) is 11.6. The second kappa shape index (κ2) is 5.48. The Morgan fingerprint density at radius 2 is 1.88 bits per heavy atom. The van der Waals surface area contributed by atoms with Gasteiger partial charge in [0.25, 0.3) is 0 Å². The predicted molar refractivity (Wildman–Crippen MR) is 67.4 cm³/mol. The van der Waals surface area contributed by atoms with E-state index in [1.165, 1.54) is 0 Å². The van der Waals surface area contributed by atoms with E-state index >= 15 is 0 Å². The third-order valence-corrected chi connectivity index (χ3v) is 2.64. The van der Waals surface area contributed by atoms with E-state index in [2.05, 4.69) is 0 Å². The topological polar surface area (TPSA) is 44.5 Å². The molecule has 0 aliphatic heterocycles. The van der Waals surface area contributed by atoms with Crippen molar-refractivity contribution < 1.29 is 9.57 Å². The highest BCUT2D eigenvalue weighted by Gasteiger charge is 2.05. The number of hydrogen-bond donors (Lipinski definition) is 1. The van der Waals surface area contributed by atoms with Gasteiger partial charge < -0.3 is 4.74 Å². The van der Waals surface area contributed by atoms with Gasteiger partial charge in [0.05, 0.1) is 13.7 Å². The van der Waals surface area contributed by atoms with E-state index < -0.39 is 0 Å². The van der Waals surface area contributed by atoms with Crippen LogP contribution in [0.2, 0.25) is 0 Å². The van der Waals surface area contributed by atoms with E-state index in [9.17, 15) is 0 Å². The molecular weight excluding hydrogens is 214 g/mol. The van der Waals surface area contributed by atoms with Crippen molar-refractivity contribution >= 4 is 0 Å². The zero-order chi connectivity index (χ0) is 12.1. The average molecular weight is 229 g/mol. The van der Waals surface area contributed by atoms with Gasteiger partial charge in [-0.2, -0.15) is 0 Å². The summed E-state index contributed by atoms with van der Waals surface area (Å²) in [6.45, 7) is 0.396. The Balaban J connectivity index is 2.44. The van der Waals surface area contributed by atoms with Gasteiger partial charge in [0.15, 0.2) is 0 Å². The smallest absolute Gasteiger partial charge is 0.119 e. The molecule has 0 heterocycles. The van der Waals surface area contributed by atoms with E-state index in [0.717, 1.165) is 22.4 Å². The molecule has 0 saturated heterocycles. The molecule has 0 saturated carbocycles. The minimum Gasteiger partial charge on any atom is -0.497 e. The number of nitrogens with two attached hydrogens (primary N) is 1. The Labute approximate surface area is 101 Å². The highest BCUT2D eigenvalue weighted by molar-refractivity contribution is 5.68. The third-order valence-electron chi connectivity index (χ3n) is 2.64. The third kappa shape index (κ3) is 2.64. The van der Waals surface area contributed by atoms with Crippen LogP contribution >= 0.6 is 0 Å². The summed E-state index contributed by atoms with van der Waals surface area (Å²) in [5.74, 6) is 5.98. The summed E-state index contributed by atoms with van der Waals surface area (Å²) >= 11 is 0. The molecule has 0 amide bonds. The van der Waals surface area contributed by atoms with Crippen LogP contribution in [-0.4, -0.2) is 7.11 Å². The van der Waals surface area contributed by atoms with Crippen molar-refractivity contribution in [3.05, 3.63) is 54.1 Å². The molecule has 0 aliphatic rings. The van der Waals surface area contributed by atoms with Crippen LogP contribution in [0.3, 0.4) is 0 Å². The minimum atomic E-state index is 0.396. The molecule has 0 radical (unpaired) electrons. The van der Waals surface area contributed by atoms with E-state index in [1.807, 2.05) is 48.5 Å². The lowest BCUT2D eigenvalue weighted by Crippen LogP contribution is -2.00. The Kier molecular flexibility index (Phi) is 3.75. The molecule has 17 heavy (non-hydrogen) atoms. The summed E-state index contributed by atoms with van der Waals surface area (Å²) in [7, 11) is 1.66. The van der Waals surface area contributed by atoms with Gasteiger partial charge >= 0.3 is 0 Å². The van der Waals surface area contributed by atoms with Crippen LogP contribution in [0, 0.1) is 0 Å². The van der Waals surface area contributed by atoms with Gasteiger partial charge in [0, 0.05) is 0 Å². The lowest BCUT2D eigenvalue weighted by Gasteiger charge is -2.09. The minimum absolute atomic E-state index is 0.396. The van der Waals surface area contributed by atoms with Crippen molar-refractivity contribution in [3.8, 4) is 16.9 Å². The highest BCUT2D eigenvalue weighted by atomic mass is 16.6. The van der Waals surface area contributed by atoms with E-state index in [0.29, 0.717) is 6.61 Å². The van der Waals surface area contributed by atoms with Crippen LogP contribution < -0.4 is 10.6 Å². The molecule has 3 nitrogen and oxygen atoms in total. The largest absolute Gasteiger partial charge is 0.497 e. The van der Waals surface area contributed by atoms with Crippen molar-refractivity contribution in [3.63, 3.8) is 0 Å². The van der Waals surface area contributed by atoms with Crippen molar-refractivity contribution in [1.82, 2.24) is 0 Å². The fourth-order valence-electron chi connectivity index (χ4n) is 1.81. The van der Waals surface area contributed by atoms with Crippen LogP contribution in [0.5, 0.6) is 5.75 Å². The molecule has 0 bridgehead atoms. The second-order valence-electron chi connectivity index (χ2n) is 3.70. The summed E-state index contributed by atoms with van der Waals surface area (Å²) < 4.78 is 5.22. The SMILES string of the molecule is COc1cccc(-c2ccccc2CON)c1. The first-order valence-electron chi connectivity index (χ1n) is 5.39. The molecule has 0 aromatic heterocycles. The second-order valence-corrected chi connectivity index (χ2v) is 3.70. The van der Waals surface area contributed by atoms with Crippen molar-refractivity contribution in [2.24, 2.45) is 5.90 Å². The Morgan fingerprint density at radius 3 is 2.65 bits per heavy atom. The zero-order valence-corrected chi connectivity index (χ0v) is 9.72. The van der Waals surface area contributed by atoms with Gasteiger partial charge in [-0.05, 0) is 28.8 Å². The molecule has 2 aromatic rings. The fourth-order valence-corrected chi connectivity index (χ4v) is 1.81. The molecule has 88 valence electrons. The first-order valence-corrected chi connectivity index (χ1v) is 5.39. The predicted octanol–water partition coefficient (Wildman–Crippen LogP) is 2.75. The molecular formula is C14H15NO2. The number of rotatable bonds is 4. The normalized spacial score (nSPS) is 10.2. The number of ether oxygens (including phenoxy) is 1. The molecule has 0 spiro atoms. The summed E-state index contributed by atoms with van der Waals surface area (Å²) in [5.41, 5.74) is 3.26. The summed E-state index contributed by atoms with van der Waals surface area (Å²) in [6, 6.07) is 15.9. The Hall–Kier alpha value is -1.84. The van der Waals surface area contributed by atoms with Gasteiger partial charge in [0.1, 0.15) is 5.75 Å². The summed E-state index contributed by atoms with van der Waals surface area (Å²) in [6.07, 6.45) is 0. The van der Waals surface area contributed by atoms with E-state index in [-0.39, 0.29) is 0 Å². The molecule has 2 rings (SSSR count).